The van der Waals surface area contributed by atoms with Gasteiger partial charge in [0.25, 0.3) is 0 Å². The Hall–Kier alpha value is -2.34. The number of rotatable bonds is 4. The first-order chi connectivity index (χ1) is 11.8. The molecule has 0 unspecified atom stereocenters. The van der Waals surface area contributed by atoms with E-state index in [1.807, 2.05) is 32.0 Å². The van der Waals surface area contributed by atoms with Crippen molar-refractivity contribution >= 4 is 17.0 Å². The van der Waals surface area contributed by atoms with Crippen molar-refractivity contribution in [2.45, 2.75) is 26.6 Å². The summed E-state index contributed by atoms with van der Waals surface area (Å²) in [6.45, 7) is 4.58. The number of anilines is 1. The van der Waals surface area contributed by atoms with Crippen molar-refractivity contribution in [1.82, 2.24) is 4.98 Å². The van der Waals surface area contributed by atoms with Gasteiger partial charge in [-0.1, -0.05) is 24.3 Å². The van der Waals surface area contributed by atoms with E-state index in [9.17, 15) is 13.2 Å². The fraction of sp³-hybridized carbons (Fsp3) is 0.211. The van der Waals surface area contributed by atoms with Gasteiger partial charge in [0, 0.05) is 16.1 Å². The molecule has 6 heteroatoms. The number of hydrogen-bond acceptors (Lipinski definition) is 3. The molecule has 25 heavy (non-hydrogen) atoms. The Morgan fingerprint density at radius 3 is 2.40 bits per heavy atom. The Labute approximate surface area is 148 Å². The van der Waals surface area contributed by atoms with Crippen molar-refractivity contribution in [2.24, 2.45) is 0 Å². The van der Waals surface area contributed by atoms with Crippen LogP contribution in [0.4, 0.5) is 18.9 Å². The molecule has 0 aliphatic rings. The van der Waals surface area contributed by atoms with E-state index < -0.39 is 11.7 Å². The molecule has 0 saturated carbocycles. The normalized spacial score (nSPS) is 11.6. The first kappa shape index (κ1) is 17.5. The topological polar surface area (TPSA) is 24.9 Å². The van der Waals surface area contributed by atoms with Gasteiger partial charge >= 0.3 is 6.18 Å². The quantitative estimate of drug-likeness (QED) is 0.610. The lowest BCUT2D eigenvalue weighted by atomic mass is 10.1. The number of nitrogens with one attached hydrogen (secondary N) is 1. The van der Waals surface area contributed by atoms with E-state index in [-0.39, 0.29) is 0 Å². The Kier molecular flexibility index (Phi) is 4.81. The standard InChI is InChI=1S/C19H17F3N2S/c1-12-4-3-5-16(10-12)23-11-17-13(2)24-18(25-17)14-6-8-15(9-7-14)19(20,21)22/h3-10,23H,11H2,1-2H3. The van der Waals surface area contributed by atoms with Gasteiger partial charge in [-0.15, -0.1) is 11.3 Å². The number of hydrogen-bond donors (Lipinski definition) is 1. The van der Waals surface area contributed by atoms with Gasteiger partial charge in [0.2, 0.25) is 0 Å². The molecule has 0 aliphatic heterocycles. The molecule has 0 atom stereocenters. The second-order valence-corrected chi connectivity index (χ2v) is 6.91. The third-order valence-corrected chi connectivity index (χ3v) is 5.03. The molecule has 3 rings (SSSR count). The minimum absolute atomic E-state index is 0.633. The summed E-state index contributed by atoms with van der Waals surface area (Å²) >= 11 is 1.49. The lowest BCUT2D eigenvalue weighted by Crippen LogP contribution is -2.03. The molecule has 130 valence electrons. The molecule has 0 amide bonds. The lowest BCUT2D eigenvalue weighted by Gasteiger charge is -2.06. The molecule has 0 saturated heterocycles. The highest BCUT2D eigenvalue weighted by atomic mass is 32.1. The van der Waals surface area contributed by atoms with E-state index in [0.29, 0.717) is 12.1 Å². The molecule has 3 aromatic rings. The van der Waals surface area contributed by atoms with E-state index in [2.05, 4.69) is 16.4 Å². The van der Waals surface area contributed by atoms with Crippen LogP contribution in [0.5, 0.6) is 0 Å². The first-order valence-electron chi connectivity index (χ1n) is 7.77. The zero-order valence-corrected chi connectivity index (χ0v) is 14.6. The number of thiazole rings is 1. The second-order valence-electron chi connectivity index (χ2n) is 5.83. The first-order valence-corrected chi connectivity index (χ1v) is 8.59. The van der Waals surface area contributed by atoms with Crippen molar-refractivity contribution in [3.63, 3.8) is 0 Å². The Morgan fingerprint density at radius 2 is 1.76 bits per heavy atom. The molecule has 2 aromatic carbocycles. The van der Waals surface area contributed by atoms with Crippen LogP contribution in [0.3, 0.4) is 0 Å². The maximum Gasteiger partial charge on any atom is 0.416 e. The number of nitrogens with zero attached hydrogens (tertiary/aromatic N) is 1. The summed E-state index contributed by atoms with van der Waals surface area (Å²) in [6, 6.07) is 13.2. The number of halogens is 3. The van der Waals surface area contributed by atoms with Crippen molar-refractivity contribution in [3.05, 3.63) is 70.2 Å². The summed E-state index contributed by atoms with van der Waals surface area (Å²) in [5, 5.41) is 4.09. The molecular weight excluding hydrogens is 345 g/mol. The largest absolute Gasteiger partial charge is 0.416 e. The summed E-state index contributed by atoms with van der Waals surface area (Å²) < 4.78 is 38.0. The third-order valence-electron chi connectivity index (χ3n) is 3.82. The van der Waals surface area contributed by atoms with E-state index in [4.69, 9.17) is 0 Å². The van der Waals surface area contributed by atoms with E-state index in [1.54, 1.807) is 0 Å². The molecule has 0 fully saturated rings. The van der Waals surface area contributed by atoms with E-state index in [0.717, 1.165) is 33.4 Å². The summed E-state index contributed by atoms with van der Waals surface area (Å²) in [4.78, 5) is 5.57. The van der Waals surface area contributed by atoms with Gasteiger partial charge in [0.1, 0.15) is 5.01 Å². The Balaban J connectivity index is 1.76. The van der Waals surface area contributed by atoms with Gasteiger partial charge in [-0.2, -0.15) is 13.2 Å². The minimum atomic E-state index is -4.32. The molecule has 0 radical (unpaired) electrons. The molecule has 1 heterocycles. The molecule has 2 nitrogen and oxygen atoms in total. The van der Waals surface area contributed by atoms with Gasteiger partial charge < -0.3 is 5.32 Å². The predicted molar refractivity (Wildman–Crippen MR) is 95.8 cm³/mol. The lowest BCUT2D eigenvalue weighted by molar-refractivity contribution is -0.137. The van der Waals surface area contributed by atoms with E-state index in [1.165, 1.54) is 29.0 Å². The molecule has 0 aliphatic carbocycles. The van der Waals surface area contributed by atoms with Crippen LogP contribution in [0.1, 0.15) is 21.7 Å². The van der Waals surface area contributed by atoms with Gasteiger partial charge in [0.05, 0.1) is 17.8 Å². The maximum absolute atomic E-state index is 12.7. The SMILES string of the molecule is Cc1cccc(NCc2sc(-c3ccc(C(F)(F)F)cc3)nc2C)c1. The third kappa shape index (κ3) is 4.20. The van der Waals surface area contributed by atoms with Crippen LogP contribution in [-0.2, 0) is 12.7 Å². The highest BCUT2D eigenvalue weighted by molar-refractivity contribution is 7.15. The summed E-state index contributed by atoms with van der Waals surface area (Å²) in [6.07, 6.45) is -4.32. The smallest absolute Gasteiger partial charge is 0.380 e. The summed E-state index contributed by atoms with van der Waals surface area (Å²) in [7, 11) is 0. The zero-order chi connectivity index (χ0) is 18.0. The van der Waals surface area contributed by atoms with Crippen LogP contribution in [0.25, 0.3) is 10.6 Å². The van der Waals surface area contributed by atoms with Crippen LogP contribution >= 0.6 is 11.3 Å². The Morgan fingerprint density at radius 1 is 1.04 bits per heavy atom. The highest BCUT2D eigenvalue weighted by Gasteiger charge is 2.30. The van der Waals surface area contributed by atoms with Crippen LogP contribution in [0.15, 0.2) is 48.5 Å². The van der Waals surface area contributed by atoms with Crippen LogP contribution in [-0.4, -0.2) is 4.98 Å². The van der Waals surface area contributed by atoms with Gasteiger partial charge in [-0.3, -0.25) is 0 Å². The average Bonchev–Trinajstić information content (AvgIpc) is 2.93. The van der Waals surface area contributed by atoms with E-state index >= 15 is 0 Å². The zero-order valence-electron chi connectivity index (χ0n) is 13.8. The van der Waals surface area contributed by atoms with Gasteiger partial charge in [-0.05, 0) is 43.7 Å². The van der Waals surface area contributed by atoms with Crippen molar-refractivity contribution in [1.29, 1.82) is 0 Å². The fourth-order valence-electron chi connectivity index (χ4n) is 2.45. The monoisotopic (exact) mass is 362 g/mol. The maximum atomic E-state index is 12.7. The Bertz CT molecular complexity index is 867. The van der Waals surface area contributed by atoms with Crippen molar-refractivity contribution in [2.75, 3.05) is 5.32 Å². The molecule has 0 spiro atoms. The van der Waals surface area contributed by atoms with Crippen LogP contribution < -0.4 is 5.32 Å². The minimum Gasteiger partial charge on any atom is -0.380 e. The summed E-state index contributed by atoms with van der Waals surface area (Å²) in [5.74, 6) is 0. The van der Waals surface area contributed by atoms with Crippen molar-refractivity contribution in [3.8, 4) is 10.6 Å². The molecular formula is C19H17F3N2S. The molecule has 1 N–H and O–H groups in total. The average molecular weight is 362 g/mol. The second kappa shape index (κ2) is 6.88. The summed E-state index contributed by atoms with van der Waals surface area (Å²) in [5.41, 5.74) is 3.15. The number of benzene rings is 2. The number of aromatic nitrogens is 1. The fourth-order valence-corrected chi connectivity index (χ4v) is 3.46. The molecule has 1 aromatic heterocycles. The number of alkyl halides is 3. The van der Waals surface area contributed by atoms with Crippen LogP contribution in [0.2, 0.25) is 0 Å². The molecule has 0 bridgehead atoms. The predicted octanol–water partition coefficient (Wildman–Crippen LogP) is 6.06. The van der Waals surface area contributed by atoms with Crippen molar-refractivity contribution < 1.29 is 13.2 Å². The highest BCUT2D eigenvalue weighted by Crippen LogP contribution is 2.33. The number of aryl methyl sites for hydroxylation is 2. The van der Waals surface area contributed by atoms with Gasteiger partial charge in [-0.25, -0.2) is 4.98 Å². The van der Waals surface area contributed by atoms with Crippen LogP contribution in [0, 0.1) is 13.8 Å². The van der Waals surface area contributed by atoms with Gasteiger partial charge in [0.15, 0.2) is 0 Å².